The Labute approximate surface area is 133 Å². The summed E-state index contributed by atoms with van der Waals surface area (Å²) >= 11 is 0. The molecule has 0 aromatic heterocycles. The highest BCUT2D eigenvalue weighted by Crippen LogP contribution is 1.91. The summed E-state index contributed by atoms with van der Waals surface area (Å²) in [6.07, 6.45) is 0. The molecule has 0 spiro atoms. The van der Waals surface area contributed by atoms with E-state index in [0.717, 1.165) is 0 Å². The van der Waals surface area contributed by atoms with Crippen LogP contribution in [0, 0.1) is 0 Å². The van der Waals surface area contributed by atoms with Crippen molar-refractivity contribution >= 4 is 36.6 Å². The fourth-order valence-electron chi connectivity index (χ4n) is 0.181. The van der Waals surface area contributed by atoms with E-state index in [1.54, 1.807) is 0 Å². The maximum Gasteiger partial charge on any atom is 0.336 e. The van der Waals surface area contributed by atoms with Crippen LogP contribution >= 0.6 is 0 Å². The van der Waals surface area contributed by atoms with Gasteiger partial charge in [0, 0.05) is 0 Å². The molecule has 0 aromatic rings. The van der Waals surface area contributed by atoms with E-state index in [4.69, 9.17) is 10.5 Å². The highest BCUT2D eigenvalue weighted by atomic mass is 32.9. The lowest BCUT2D eigenvalue weighted by molar-refractivity contribution is -0.781. The van der Waals surface area contributed by atoms with Gasteiger partial charge in [-0.05, 0) is 0 Å². The first-order valence-electron chi connectivity index (χ1n) is 3.00. The monoisotopic (exact) mass is 432 g/mol. The van der Waals surface area contributed by atoms with E-state index in [-0.39, 0.29) is 22.3 Å². The third-order valence-electron chi connectivity index (χ3n) is 0.722. The van der Waals surface area contributed by atoms with Gasteiger partial charge >= 0.3 is 36.6 Å². The number of rotatable bonds is 6. The summed E-state index contributed by atoms with van der Waals surface area (Å²) in [4.78, 5) is 0. The van der Waals surface area contributed by atoms with E-state index in [9.17, 15) is 35.8 Å². The Morgan fingerprint density at radius 3 is 0.870 bits per heavy atom. The Balaban J connectivity index is -0.0000000831. The first-order chi connectivity index (χ1) is 9.13. The molecule has 0 bridgehead atoms. The fourth-order valence-corrected chi connectivity index (χ4v) is 1.22. The fraction of sp³-hybridized carbons (Fsp3) is 1.00. The normalized spacial score (nSPS) is 14.1. The molecule has 23 heavy (non-hydrogen) atoms. The van der Waals surface area contributed by atoms with Crippen LogP contribution in [-0.4, -0.2) is 25.3 Å². The molecule has 0 fully saturated rings. The first-order valence-corrected chi connectivity index (χ1v) is 9.00. The van der Waals surface area contributed by atoms with Crippen LogP contribution in [0.15, 0.2) is 0 Å². The van der Waals surface area contributed by atoms with Crippen molar-refractivity contribution in [2.45, 2.75) is 22.3 Å². The lowest BCUT2D eigenvalue weighted by Gasteiger charge is -2.09. The minimum Gasteiger partial charge on any atom is -0.707 e. The Morgan fingerprint density at radius 2 is 0.826 bits per heavy atom. The van der Waals surface area contributed by atoms with E-state index < -0.39 is 36.6 Å². The summed E-state index contributed by atoms with van der Waals surface area (Å²) in [5, 5.41) is 41.4. The zero-order chi connectivity index (χ0) is 16.4. The van der Waals surface area contributed by atoms with Gasteiger partial charge in [0.15, 0.2) is 0 Å². The summed E-state index contributed by atoms with van der Waals surface area (Å²) in [5.74, 6) is 0. The second kappa shape index (κ2) is 16.4. The quantitative estimate of drug-likeness (QED) is 0.280. The van der Waals surface area contributed by atoms with Gasteiger partial charge in [-0.2, -0.15) is 25.3 Å². The van der Waals surface area contributed by atoms with Crippen molar-refractivity contribution in [2.75, 3.05) is 0 Å². The third-order valence-corrected chi connectivity index (χ3v) is 4.83. The van der Waals surface area contributed by atoms with Crippen molar-refractivity contribution in [3.8, 4) is 0 Å². The van der Waals surface area contributed by atoms with E-state index in [1.165, 1.54) is 0 Å². The molecule has 0 saturated carbocycles. The average Bonchev–Trinajstić information content (AvgIpc) is 2.39. The minimum atomic E-state index is -4.67. The average molecular weight is 432 g/mol. The Morgan fingerprint density at radius 1 is 0.609 bits per heavy atom. The van der Waals surface area contributed by atoms with Crippen LogP contribution in [0.1, 0.15) is 22.3 Å². The second-order valence-electron chi connectivity index (χ2n) is 1.63. The van der Waals surface area contributed by atoms with Crippen LogP contribution in [0.3, 0.4) is 0 Å². The minimum absolute atomic E-state index is 0. The van der Waals surface area contributed by atoms with E-state index in [1.807, 2.05) is 0 Å². The van der Waals surface area contributed by atoms with Gasteiger partial charge in [0.25, 0.3) is 0 Å². The molecular formula is C3H12O16S4-4. The number of hydrogen-bond acceptors (Lipinski definition) is 16. The summed E-state index contributed by atoms with van der Waals surface area (Å²) in [6.45, 7) is 0. The molecule has 0 N–H and O–H groups in total. The standard InChI is InChI=1S/3CH4.2H2O8S2/c;;;2*1-6-8-10(5,7-2)9(3)4/h3*1H4;2*1-2H/p-4. The summed E-state index contributed by atoms with van der Waals surface area (Å²) < 4.78 is 70.2. The van der Waals surface area contributed by atoms with Gasteiger partial charge in [0.2, 0.25) is 0 Å². The van der Waals surface area contributed by atoms with Crippen LogP contribution in [0.4, 0.5) is 0 Å². The predicted octanol–water partition coefficient (Wildman–Crippen LogP) is -5.27. The molecule has 2 atom stereocenters. The SMILES string of the molecule is C.C.C.O=S(=O)=S(=O)(O[O-])OO[O-].O=S(=O)=S(=O)(O[O-])OO[O-]. The van der Waals surface area contributed by atoms with Gasteiger partial charge in [-0.1, -0.05) is 22.3 Å². The summed E-state index contributed by atoms with van der Waals surface area (Å²) in [7, 11) is -16.3. The second-order valence-corrected chi connectivity index (χ2v) is 8.71. The topological polar surface area (TPSA) is 250 Å². The maximum absolute atomic E-state index is 10.2. The van der Waals surface area contributed by atoms with Crippen LogP contribution in [-0.2, 0) is 64.0 Å². The molecule has 0 rings (SSSR count). The highest BCUT2D eigenvalue weighted by molar-refractivity contribution is 8.32. The maximum atomic E-state index is 10.2. The lowest BCUT2D eigenvalue weighted by atomic mass is 12.0. The van der Waals surface area contributed by atoms with Gasteiger partial charge in [-0.15, -0.1) is 8.67 Å². The predicted molar refractivity (Wildman–Crippen MR) is 60.8 cm³/mol. The van der Waals surface area contributed by atoms with E-state index >= 15 is 0 Å². The van der Waals surface area contributed by atoms with Gasteiger partial charge < -0.3 is 29.7 Å². The molecule has 0 aliphatic heterocycles. The molecule has 0 heterocycles. The third kappa shape index (κ3) is 12.6. The van der Waals surface area contributed by atoms with Gasteiger partial charge in [0.1, 0.15) is 0 Å². The molecule has 148 valence electrons. The molecule has 0 aromatic carbocycles. The van der Waals surface area contributed by atoms with Gasteiger partial charge in [-0.3, -0.25) is 10.1 Å². The zero-order valence-corrected chi connectivity index (χ0v) is 11.4. The molecule has 0 aliphatic carbocycles. The van der Waals surface area contributed by atoms with Crippen LogP contribution in [0.25, 0.3) is 0 Å². The van der Waals surface area contributed by atoms with Crippen LogP contribution < -0.4 is 21.0 Å². The molecule has 2 unspecified atom stereocenters. The first kappa shape index (κ1) is 34.0. The lowest BCUT2D eigenvalue weighted by Crippen LogP contribution is -2.21. The Hall–Kier alpha value is -0.460. The van der Waals surface area contributed by atoms with Gasteiger partial charge in [-0.25, -0.2) is 0 Å². The van der Waals surface area contributed by atoms with Crippen LogP contribution in [0.5, 0.6) is 0 Å². The Bertz CT molecular complexity index is 631. The van der Waals surface area contributed by atoms with Crippen molar-refractivity contribution < 1.29 is 73.7 Å². The summed E-state index contributed by atoms with van der Waals surface area (Å²) in [6, 6.07) is 0. The van der Waals surface area contributed by atoms with Crippen molar-refractivity contribution in [1.82, 2.24) is 0 Å². The molecule has 20 heteroatoms. The molecule has 0 amide bonds. The number of hydrogen-bond donors (Lipinski definition) is 0. The molecule has 0 saturated heterocycles. The smallest absolute Gasteiger partial charge is 0.336 e. The van der Waals surface area contributed by atoms with E-state index in [0.29, 0.717) is 0 Å². The molecule has 16 nitrogen and oxygen atoms in total. The molecule has 0 aliphatic rings. The van der Waals surface area contributed by atoms with Crippen molar-refractivity contribution in [3.05, 3.63) is 0 Å². The highest BCUT2D eigenvalue weighted by Gasteiger charge is 2.06. The van der Waals surface area contributed by atoms with Crippen molar-refractivity contribution in [3.63, 3.8) is 0 Å². The molecular weight excluding hydrogens is 420 g/mol. The van der Waals surface area contributed by atoms with Crippen molar-refractivity contribution in [2.24, 2.45) is 0 Å². The Kier molecular flexibility index (Phi) is 24.2. The zero-order valence-electron chi connectivity index (χ0n) is 8.16. The molecule has 0 radical (unpaired) electrons. The van der Waals surface area contributed by atoms with Crippen molar-refractivity contribution in [1.29, 1.82) is 0 Å². The largest absolute Gasteiger partial charge is 0.707 e. The van der Waals surface area contributed by atoms with Crippen LogP contribution in [0.2, 0.25) is 0 Å². The van der Waals surface area contributed by atoms with E-state index in [2.05, 4.69) is 27.4 Å². The van der Waals surface area contributed by atoms with Gasteiger partial charge in [0.05, 0.1) is 0 Å². The summed E-state index contributed by atoms with van der Waals surface area (Å²) in [5.41, 5.74) is 0.